The third-order valence-corrected chi connectivity index (χ3v) is 24.8. The maximum Gasteiger partial charge on any atom is 0.269 e. The lowest BCUT2D eigenvalue weighted by Crippen LogP contribution is -2.74. The van der Waals surface area contributed by atoms with E-state index in [0.717, 1.165) is 51.3 Å². The first-order valence-corrected chi connectivity index (χ1v) is 36.2. The zero-order chi connectivity index (χ0) is 91.7. The molecule has 15 aromatic rings. The highest BCUT2D eigenvalue weighted by Gasteiger charge is 2.43. The summed E-state index contributed by atoms with van der Waals surface area (Å²) in [6, 6.07) is 27.2. The summed E-state index contributed by atoms with van der Waals surface area (Å²) in [6.07, 6.45) is 7.12. The normalized spacial score (nSPS) is 17.7. The number of hydrogen-bond donors (Lipinski definition) is 0. The van der Waals surface area contributed by atoms with Crippen LogP contribution in [0, 0.1) is 20.0 Å². The third-order valence-electron chi connectivity index (χ3n) is 20.8. The molecule has 0 N–H and O–H groups in total. The van der Waals surface area contributed by atoms with Gasteiger partial charge in [-0.25, -0.2) is 4.98 Å². The lowest BCUT2D eigenvalue weighted by molar-refractivity contribution is -0.570. The van der Waals surface area contributed by atoms with Crippen LogP contribution < -0.4 is 30.1 Å². The molecule has 0 amide bonds. The van der Waals surface area contributed by atoms with Crippen molar-refractivity contribution in [3.8, 4) is 84.3 Å². The molecule has 2 aliphatic rings. The van der Waals surface area contributed by atoms with Crippen molar-refractivity contribution in [1.82, 2.24) is 14.1 Å². The van der Waals surface area contributed by atoms with Crippen molar-refractivity contribution in [3.05, 3.63) is 318 Å². The molecular formula is C96H86N4OSi. The Morgan fingerprint density at radius 2 is 1.06 bits per heavy atom. The molecule has 0 saturated heterocycles. The summed E-state index contributed by atoms with van der Waals surface area (Å²) in [7, 11) is -6.42. The van der Waals surface area contributed by atoms with E-state index in [0.29, 0.717) is 50.6 Å². The number of imidazole rings is 1. The average molecular weight is 1370 g/mol. The Balaban J connectivity index is 1.07. The summed E-state index contributed by atoms with van der Waals surface area (Å²) in [5.74, 6) is 1.35. The Hall–Kier alpha value is -10.9. The predicted molar refractivity (Wildman–Crippen MR) is 429 cm³/mol. The minimum atomic E-state index is -6.42. The van der Waals surface area contributed by atoms with Crippen LogP contribution in [0.15, 0.2) is 279 Å². The summed E-state index contributed by atoms with van der Waals surface area (Å²) in [6.45, 7) is 15.3. The maximum atomic E-state index is 11.3. The van der Waals surface area contributed by atoms with Gasteiger partial charge in [0.2, 0.25) is 0 Å². The lowest BCUT2D eigenvalue weighted by Gasteiger charge is -2.42. The van der Waals surface area contributed by atoms with E-state index in [9.17, 15) is 30.2 Å². The summed E-state index contributed by atoms with van der Waals surface area (Å²) < 4.78 is 255. The first-order chi connectivity index (χ1) is 59.4. The number of hydrogen-bond acceptors (Lipinski definition) is 2. The molecule has 0 spiro atoms. The molecule has 5 nitrogen and oxygen atoms in total. The van der Waals surface area contributed by atoms with Crippen molar-refractivity contribution >= 4 is 61.7 Å². The topological polar surface area (TPSA) is 35.9 Å². The smallest absolute Gasteiger partial charge is 0.269 e. The second kappa shape index (κ2) is 24.1. The molecule has 17 rings (SSSR count). The molecule has 0 fully saturated rings. The van der Waals surface area contributed by atoms with Crippen LogP contribution in [-0.2, 0) is 21.7 Å². The second-order valence-corrected chi connectivity index (χ2v) is 33.6. The molecule has 3 aromatic heterocycles. The SMILES string of the molecule is [2H]c1c([2H])c([2H])c([Si](c2c([2H])c([2H])c([2H])c([2H])c2[2H])(c2c([2H])c([2H])c([2H])c([2H])c2[2H])c2c([2H])c([2H])c([2H])c(-c3cc4c5c(c3)n(-c3cccc(Oc6ccc7c8ccccc8n(-c8cc(C(C)(C)C)ccn8)c7c6)c3)[c-][n+]5-c3c(cc(C(C)(C)C)cc3-c3c(C([2H])([2H])[2H])cccc3C([2H])([2H])[2H])-c3cc5c(cc3-c3ccccc3-4)C(C)(C)CCC5(C)C)c2[2H])c([2H])c1[2H]. The average Bonchev–Trinajstić information content (AvgIpc) is 1.03. The van der Waals surface area contributed by atoms with Crippen molar-refractivity contribution in [2.45, 2.75) is 117 Å². The van der Waals surface area contributed by atoms with Crippen LogP contribution in [0.1, 0.15) is 150 Å². The Kier molecular flexibility index (Phi) is 10.0. The largest absolute Gasteiger partial charge is 0.458 e. The Bertz CT molecular complexity index is 7020. The summed E-state index contributed by atoms with van der Waals surface area (Å²) in [5.41, 5.74) is 6.39. The minimum Gasteiger partial charge on any atom is -0.458 e. The van der Waals surface area contributed by atoms with Gasteiger partial charge in [0.15, 0.2) is 8.07 Å². The van der Waals surface area contributed by atoms with E-state index in [1.165, 1.54) is 18.2 Å². The van der Waals surface area contributed by atoms with Crippen LogP contribution >= 0.6 is 0 Å². The standard InChI is InChI=1S/C96H86N4OSi/c1-62-29-26-30-63(2)90(62)83-55-67(94(6,7)8)54-82-80-60-85-84(95(9,10)48-49-96(85,11)12)59-79(80)75-41-22-23-42-76(75)81-52-65(64-31-27-40-74(51-64)102(71-34-16-13-17-35-71,72-36-18-14-19-37-72)73-38-20-15-21-39-73)53-88-92(81)99(91(82)83)61-98(88)68-32-28-33-69(57-68)101-70-45-46-78-77-43-24-25-44-86(77)100(87(78)58-70)89-56-66(47-50-97-89)93(3,4)5/h13-47,50-60H,48-49H2,1-12H3/i1D3,2D3,13D,14D,15D,16D,17D,18D,19D,20D,21D,27D,31D,34D,35D,36D,37D,38D,39D,40D,51D. The van der Waals surface area contributed by atoms with Gasteiger partial charge in [-0.3, -0.25) is 13.7 Å². The zero-order valence-electron chi connectivity index (χ0n) is 83.2. The van der Waals surface area contributed by atoms with Crippen LogP contribution in [0.25, 0.3) is 106 Å². The number of benzene rings is 12. The van der Waals surface area contributed by atoms with Gasteiger partial charge < -0.3 is 4.74 Å². The fourth-order valence-corrected chi connectivity index (χ4v) is 18.9. The maximum absolute atomic E-state index is 11.3. The summed E-state index contributed by atoms with van der Waals surface area (Å²) in [5, 5.41) is -2.14. The molecule has 4 heterocycles. The first kappa shape index (κ1) is 42.4. The van der Waals surface area contributed by atoms with E-state index in [4.69, 9.17) is 13.8 Å². The van der Waals surface area contributed by atoms with Gasteiger partial charge in [-0.15, -0.1) is 0 Å². The highest BCUT2D eigenvalue weighted by atomic mass is 28.3. The highest BCUT2D eigenvalue weighted by Crippen LogP contribution is 2.54. The van der Waals surface area contributed by atoms with Crippen LogP contribution in [0.5, 0.6) is 11.5 Å². The van der Waals surface area contributed by atoms with Crippen LogP contribution in [0.3, 0.4) is 0 Å². The van der Waals surface area contributed by atoms with Gasteiger partial charge in [0.1, 0.15) is 17.3 Å². The lowest BCUT2D eigenvalue weighted by atomic mass is 9.62. The number of pyridine rings is 1. The van der Waals surface area contributed by atoms with E-state index < -0.39 is 179 Å². The van der Waals surface area contributed by atoms with Crippen molar-refractivity contribution in [1.29, 1.82) is 0 Å². The van der Waals surface area contributed by atoms with Crippen LogP contribution in [-0.4, -0.2) is 22.2 Å². The fourth-order valence-electron chi connectivity index (χ4n) is 15.3. The molecule has 0 radical (unpaired) electrons. The van der Waals surface area contributed by atoms with E-state index >= 15 is 0 Å². The number of para-hydroxylation sites is 1. The molecule has 0 saturated carbocycles. The van der Waals surface area contributed by atoms with Gasteiger partial charge in [0, 0.05) is 31.3 Å². The van der Waals surface area contributed by atoms with Gasteiger partial charge in [0.25, 0.3) is 6.33 Å². The fraction of sp³-hybridized carbons (Fsp3) is 0.188. The Morgan fingerprint density at radius 1 is 0.480 bits per heavy atom. The molecular weight excluding hydrogens is 1250 g/mol. The quantitative estimate of drug-likeness (QED) is 0.0592. The number of fused-ring (bicyclic) bond motifs is 11. The zero-order valence-corrected chi connectivity index (χ0v) is 59.2. The van der Waals surface area contributed by atoms with E-state index in [-0.39, 0.29) is 61.3 Å². The molecule has 0 atom stereocenters. The van der Waals surface area contributed by atoms with E-state index in [1.807, 2.05) is 99.6 Å². The van der Waals surface area contributed by atoms with Gasteiger partial charge in [0.05, 0.1) is 59.5 Å². The first-order valence-electron chi connectivity index (χ1n) is 46.7. The number of aryl methyl sites for hydroxylation is 2. The number of ether oxygens (including phenoxy) is 1. The van der Waals surface area contributed by atoms with Gasteiger partial charge in [-0.1, -0.05) is 275 Å². The monoisotopic (exact) mass is 1360 g/mol. The van der Waals surface area contributed by atoms with Crippen molar-refractivity contribution in [2.75, 3.05) is 0 Å². The molecule has 1 aliphatic carbocycles. The predicted octanol–water partition coefficient (Wildman–Crippen LogP) is 21.6. The molecule has 12 aromatic carbocycles. The summed E-state index contributed by atoms with van der Waals surface area (Å²) >= 11 is 0. The molecule has 6 heteroatoms. The number of aromatic nitrogens is 4. The number of rotatable bonds is 10. The molecule has 0 unspecified atom stereocenters. The third kappa shape index (κ3) is 10.6. The minimum absolute atomic E-state index is 0.111. The molecule has 1 aliphatic heterocycles. The van der Waals surface area contributed by atoms with Crippen molar-refractivity contribution in [2.24, 2.45) is 0 Å². The van der Waals surface area contributed by atoms with E-state index in [1.54, 1.807) is 51.7 Å². The summed E-state index contributed by atoms with van der Waals surface area (Å²) in [4.78, 5) is 4.92. The second-order valence-electron chi connectivity index (χ2n) is 30.1. The van der Waals surface area contributed by atoms with Crippen LogP contribution in [0.4, 0.5) is 0 Å². The Morgan fingerprint density at radius 3 is 1.71 bits per heavy atom. The van der Waals surface area contributed by atoms with Crippen molar-refractivity contribution < 1.29 is 43.6 Å². The van der Waals surface area contributed by atoms with Gasteiger partial charge in [-0.2, -0.15) is 0 Å². The van der Waals surface area contributed by atoms with E-state index in [2.05, 4.69) is 83.6 Å². The number of nitrogens with zero attached hydrogens (tertiary/aromatic N) is 4. The molecule has 102 heavy (non-hydrogen) atoms. The molecule has 0 bridgehead atoms. The van der Waals surface area contributed by atoms with Gasteiger partial charge in [-0.05, 0) is 219 Å². The molecule has 500 valence electrons. The Labute approximate surface area is 637 Å². The van der Waals surface area contributed by atoms with Gasteiger partial charge >= 0.3 is 0 Å². The van der Waals surface area contributed by atoms with Crippen molar-refractivity contribution in [3.63, 3.8) is 0 Å². The highest BCUT2D eigenvalue weighted by molar-refractivity contribution is 7.20. The van der Waals surface area contributed by atoms with Crippen LogP contribution in [0.2, 0.25) is 0 Å².